The van der Waals surface area contributed by atoms with E-state index < -0.39 is 0 Å². The van der Waals surface area contributed by atoms with Crippen LogP contribution in [0.2, 0.25) is 0 Å². The van der Waals surface area contributed by atoms with Crippen LogP contribution in [-0.2, 0) is 0 Å². The second-order valence-electron chi connectivity index (χ2n) is 5.01. The van der Waals surface area contributed by atoms with Gasteiger partial charge >= 0.3 is 0 Å². The fourth-order valence-corrected chi connectivity index (χ4v) is 4.21. The van der Waals surface area contributed by atoms with Crippen molar-refractivity contribution in [2.45, 2.75) is 44.7 Å². The van der Waals surface area contributed by atoms with Gasteiger partial charge in [-0.1, -0.05) is 12.8 Å². The SMILES string of the molecule is CC1CSCCN1C(CN)C1CCCC1. The maximum Gasteiger partial charge on any atom is 0.0250 e. The Hall–Kier alpha value is 0.270. The van der Waals surface area contributed by atoms with E-state index >= 15 is 0 Å². The standard InChI is InChI=1S/C12H24N2S/c1-10-9-15-7-6-14(10)12(8-13)11-4-2-3-5-11/h10-12H,2-9,13H2,1H3. The molecule has 2 aliphatic rings. The molecule has 1 aliphatic carbocycles. The van der Waals surface area contributed by atoms with Gasteiger partial charge in [-0.15, -0.1) is 0 Å². The van der Waals surface area contributed by atoms with Crippen molar-refractivity contribution in [3.63, 3.8) is 0 Å². The lowest BCUT2D eigenvalue weighted by atomic mass is 9.95. The van der Waals surface area contributed by atoms with E-state index in [-0.39, 0.29) is 0 Å². The number of rotatable bonds is 3. The van der Waals surface area contributed by atoms with Crippen LogP contribution in [0.3, 0.4) is 0 Å². The summed E-state index contributed by atoms with van der Waals surface area (Å²) in [6, 6.07) is 1.40. The van der Waals surface area contributed by atoms with Crippen LogP contribution in [-0.4, -0.2) is 41.6 Å². The molecule has 0 bridgehead atoms. The van der Waals surface area contributed by atoms with Crippen LogP contribution in [0.5, 0.6) is 0 Å². The van der Waals surface area contributed by atoms with Crippen LogP contribution in [0.1, 0.15) is 32.6 Å². The van der Waals surface area contributed by atoms with Crippen LogP contribution in [0, 0.1) is 5.92 Å². The van der Waals surface area contributed by atoms with Crippen LogP contribution in [0.25, 0.3) is 0 Å². The molecule has 2 nitrogen and oxygen atoms in total. The molecule has 2 atom stereocenters. The van der Waals surface area contributed by atoms with Crippen LogP contribution in [0.15, 0.2) is 0 Å². The fraction of sp³-hybridized carbons (Fsp3) is 1.00. The van der Waals surface area contributed by atoms with Crippen molar-refractivity contribution < 1.29 is 0 Å². The monoisotopic (exact) mass is 228 g/mol. The van der Waals surface area contributed by atoms with Gasteiger partial charge < -0.3 is 5.73 Å². The Morgan fingerprint density at radius 2 is 2.13 bits per heavy atom. The zero-order valence-corrected chi connectivity index (χ0v) is 10.6. The summed E-state index contributed by atoms with van der Waals surface area (Å²) in [6.07, 6.45) is 5.69. The van der Waals surface area contributed by atoms with Crippen molar-refractivity contribution in [3.8, 4) is 0 Å². The third-order valence-corrected chi connectivity index (χ3v) is 5.22. The minimum atomic E-state index is 0.670. The second-order valence-corrected chi connectivity index (χ2v) is 6.16. The molecule has 2 unspecified atom stereocenters. The molecule has 1 heterocycles. The van der Waals surface area contributed by atoms with E-state index in [9.17, 15) is 0 Å². The average molecular weight is 228 g/mol. The smallest absolute Gasteiger partial charge is 0.0250 e. The first-order chi connectivity index (χ1) is 7.33. The molecule has 3 heteroatoms. The minimum absolute atomic E-state index is 0.670. The van der Waals surface area contributed by atoms with Gasteiger partial charge in [0, 0.05) is 36.7 Å². The van der Waals surface area contributed by atoms with Gasteiger partial charge in [0.25, 0.3) is 0 Å². The van der Waals surface area contributed by atoms with E-state index in [1.54, 1.807) is 0 Å². The van der Waals surface area contributed by atoms with Crippen molar-refractivity contribution in [2.75, 3.05) is 24.6 Å². The fourth-order valence-electron chi connectivity index (χ4n) is 3.17. The molecule has 0 aromatic heterocycles. The van der Waals surface area contributed by atoms with Crippen molar-refractivity contribution in [3.05, 3.63) is 0 Å². The summed E-state index contributed by atoms with van der Waals surface area (Å²) in [5, 5.41) is 0. The molecular formula is C12H24N2S. The Bertz CT molecular complexity index is 192. The van der Waals surface area contributed by atoms with Crippen molar-refractivity contribution in [1.82, 2.24) is 4.90 Å². The normalized spacial score (nSPS) is 32.0. The lowest BCUT2D eigenvalue weighted by Gasteiger charge is -2.41. The largest absolute Gasteiger partial charge is 0.329 e. The Balaban J connectivity index is 1.97. The predicted molar refractivity (Wildman–Crippen MR) is 68.3 cm³/mol. The molecule has 0 radical (unpaired) electrons. The molecule has 15 heavy (non-hydrogen) atoms. The summed E-state index contributed by atoms with van der Waals surface area (Å²) >= 11 is 2.09. The maximum atomic E-state index is 6.00. The topological polar surface area (TPSA) is 29.3 Å². The Morgan fingerprint density at radius 3 is 2.73 bits per heavy atom. The van der Waals surface area contributed by atoms with Crippen LogP contribution >= 0.6 is 11.8 Å². The molecule has 2 fully saturated rings. The van der Waals surface area contributed by atoms with E-state index in [1.807, 2.05) is 0 Å². The first-order valence-electron chi connectivity index (χ1n) is 6.36. The first kappa shape index (κ1) is 11.7. The molecule has 0 spiro atoms. The molecule has 0 amide bonds. The highest BCUT2D eigenvalue weighted by atomic mass is 32.2. The minimum Gasteiger partial charge on any atom is -0.329 e. The third-order valence-electron chi connectivity index (χ3n) is 4.03. The maximum absolute atomic E-state index is 6.00. The van der Waals surface area contributed by atoms with Gasteiger partial charge in [-0.25, -0.2) is 0 Å². The molecule has 0 aromatic rings. The van der Waals surface area contributed by atoms with Crippen LogP contribution in [0.4, 0.5) is 0 Å². The molecule has 1 saturated carbocycles. The molecule has 1 saturated heterocycles. The quantitative estimate of drug-likeness (QED) is 0.800. The number of nitrogens with two attached hydrogens (primary N) is 1. The van der Waals surface area contributed by atoms with E-state index in [1.165, 1.54) is 43.7 Å². The van der Waals surface area contributed by atoms with E-state index in [2.05, 4.69) is 23.6 Å². The number of thioether (sulfide) groups is 1. The summed E-state index contributed by atoms with van der Waals surface area (Å²) < 4.78 is 0. The summed E-state index contributed by atoms with van der Waals surface area (Å²) in [7, 11) is 0. The van der Waals surface area contributed by atoms with Crippen molar-refractivity contribution in [1.29, 1.82) is 0 Å². The van der Waals surface area contributed by atoms with Gasteiger partial charge in [0.2, 0.25) is 0 Å². The van der Waals surface area contributed by atoms with Gasteiger partial charge in [0.1, 0.15) is 0 Å². The molecule has 1 aliphatic heterocycles. The summed E-state index contributed by atoms with van der Waals surface area (Å²) in [6.45, 7) is 4.48. The molecule has 2 rings (SSSR count). The molecule has 0 aromatic carbocycles. The summed E-state index contributed by atoms with van der Waals surface area (Å²) in [4.78, 5) is 2.69. The summed E-state index contributed by atoms with van der Waals surface area (Å²) in [5.41, 5.74) is 6.00. The lowest BCUT2D eigenvalue weighted by Crippen LogP contribution is -2.52. The molecular weight excluding hydrogens is 204 g/mol. The van der Waals surface area contributed by atoms with Gasteiger partial charge in [-0.2, -0.15) is 11.8 Å². The number of hydrogen-bond acceptors (Lipinski definition) is 3. The lowest BCUT2D eigenvalue weighted by molar-refractivity contribution is 0.119. The van der Waals surface area contributed by atoms with Gasteiger partial charge in [-0.05, 0) is 25.7 Å². The Kier molecular flexibility index (Phi) is 4.35. The zero-order valence-electron chi connectivity index (χ0n) is 9.82. The van der Waals surface area contributed by atoms with E-state index in [0.29, 0.717) is 6.04 Å². The van der Waals surface area contributed by atoms with E-state index in [0.717, 1.165) is 18.5 Å². The van der Waals surface area contributed by atoms with Gasteiger partial charge in [0.15, 0.2) is 0 Å². The van der Waals surface area contributed by atoms with Crippen molar-refractivity contribution in [2.24, 2.45) is 11.7 Å². The van der Waals surface area contributed by atoms with Gasteiger partial charge in [0.05, 0.1) is 0 Å². The Morgan fingerprint density at radius 1 is 1.40 bits per heavy atom. The van der Waals surface area contributed by atoms with Gasteiger partial charge in [-0.3, -0.25) is 4.90 Å². The van der Waals surface area contributed by atoms with Crippen molar-refractivity contribution >= 4 is 11.8 Å². The highest BCUT2D eigenvalue weighted by molar-refractivity contribution is 7.99. The predicted octanol–water partition coefficient (Wildman–Crippen LogP) is 1.94. The number of hydrogen-bond donors (Lipinski definition) is 1. The summed E-state index contributed by atoms with van der Waals surface area (Å²) in [5.74, 6) is 3.48. The average Bonchev–Trinajstić information content (AvgIpc) is 2.75. The third kappa shape index (κ3) is 2.69. The molecule has 2 N–H and O–H groups in total. The highest BCUT2D eigenvalue weighted by Gasteiger charge is 2.32. The first-order valence-corrected chi connectivity index (χ1v) is 7.52. The number of nitrogens with zero attached hydrogens (tertiary/aromatic N) is 1. The van der Waals surface area contributed by atoms with E-state index in [4.69, 9.17) is 5.73 Å². The molecule has 88 valence electrons. The highest BCUT2D eigenvalue weighted by Crippen LogP contribution is 2.32. The second kappa shape index (κ2) is 5.55. The zero-order chi connectivity index (χ0) is 10.7. The van der Waals surface area contributed by atoms with Crippen LogP contribution < -0.4 is 5.73 Å². The Labute approximate surface area is 98.0 Å².